The number of pyridine rings is 1. The number of hydrogen-bond acceptors (Lipinski definition) is 6. The molecule has 0 aromatic carbocycles. The fourth-order valence-corrected chi connectivity index (χ4v) is 4.19. The van der Waals surface area contributed by atoms with Crippen molar-refractivity contribution >= 4 is 23.4 Å². The van der Waals surface area contributed by atoms with E-state index in [4.69, 9.17) is 0 Å². The quantitative estimate of drug-likeness (QED) is 0.608. The standard InChI is InChI=1S/C20H24F2N6S/c1-13-9-23-19(27-7-3-4-14(12-27)10-25-29-2)8-15(13)17-11-24-18-6-5-16(20(21)22)26-28(17)18/h5-6,8-9,11,14,20,25H,3-4,7,10,12H2,1-2H3. The van der Waals surface area contributed by atoms with Crippen molar-refractivity contribution in [3.63, 3.8) is 0 Å². The number of piperidine rings is 1. The van der Waals surface area contributed by atoms with Crippen LogP contribution in [0.15, 0.2) is 30.6 Å². The lowest BCUT2D eigenvalue weighted by molar-refractivity contribution is 0.144. The number of anilines is 1. The Kier molecular flexibility index (Phi) is 5.96. The first-order chi connectivity index (χ1) is 14.1. The smallest absolute Gasteiger partial charge is 0.282 e. The van der Waals surface area contributed by atoms with Gasteiger partial charge < -0.3 is 4.90 Å². The van der Waals surface area contributed by atoms with E-state index in [1.807, 2.05) is 25.4 Å². The zero-order valence-electron chi connectivity index (χ0n) is 16.5. The fourth-order valence-electron chi connectivity index (χ4n) is 3.79. The van der Waals surface area contributed by atoms with E-state index in [-0.39, 0.29) is 5.69 Å². The zero-order valence-corrected chi connectivity index (χ0v) is 17.3. The van der Waals surface area contributed by atoms with Gasteiger partial charge in [-0.3, -0.25) is 4.72 Å². The molecule has 0 bridgehead atoms. The molecule has 1 N–H and O–H groups in total. The minimum Gasteiger partial charge on any atom is -0.356 e. The molecule has 0 spiro atoms. The van der Waals surface area contributed by atoms with Crippen LogP contribution < -0.4 is 9.62 Å². The number of aryl methyl sites for hydroxylation is 1. The molecule has 1 aliphatic heterocycles. The van der Waals surface area contributed by atoms with Crippen molar-refractivity contribution < 1.29 is 8.78 Å². The Balaban J connectivity index is 1.67. The molecule has 4 rings (SSSR count). The maximum atomic E-state index is 13.1. The Morgan fingerprint density at radius 2 is 2.14 bits per heavy atom. The van der Waals surface area contributed by atoms with E-state index in [1.165, 1.54) is 17.0 Å². The number of rotatable bonds is 6. The third-order valence-electron chi connectivity index (χ3n) is 5.33. The fraction of sp³-hybridized carbons (Fsp3) is 0.450. The van der Waals surface area contributed by atoms with Gasteiger partial charge in [0.05, 0.1) is 11.9 Å². The molecule has 1 fully saturated rings. The van der Waals surface area contributed by atoms with Crippen LogP contribution in [0.1, 0.15) is 30.5 Å². The molecule has 0 radical (unpaired) electrons. The van der Waals surface area contributed by atoms with Gasteiger partial charge in [0, 0.05) is 31.4 Å². The number of hydrogen-bond donors (Lipinski definition) is 1. The predicted octanol–water partition coefficient (Wildman–Crippen LogP) is 4.12. The summed E-state index contributed by atoms with van der Waals surface area (Å²) < 4.78 is 31.1. The minimum absolute atomic E-state index is 0.260. The van der Waals surface area contributed by atoms with Gasteiger partial charge in [-0.15, -0.1) is 0 Å². The average Bonchev–Trinajstić information content (AvgIpc) is 3.16. The summed E-state index contributed by atoms with van der Waals surface area (Å²) in [7, 11) is 0. The average molecular weight is 419 g/mol. The molecule has 1 unspecified atom stereocenters. The highest BCUT2D eigenvalue weighted by Crippen LogP contribution is 2.29. The van der Waals surface area contributed by atoms with E-state index >= 15 is 0 Å². The Labute approximate surface area is 172 Å². The summed E-state index contributed by atoms with van der Waals surface area (Å²) in [5, 5.41) is 4.10. The Morgan fingerprint density at radius 1 is 1.28 bits per heavy atom. The number of fused-ring (bicyclic) bond motifs is 1. The zero-order chi connectivity index (χ0) is 20.4. The molecule has 1 atom stereocenters. The van der Waals surface area contributed by atoms with Gasteiger partial charge in [0.1, 0.15) is 11.5 Å². The lowest BCUT2D eigenvalue weighted by Gasteiger charge is -2.34. The maximum Gasteiger partial charge on any atom is 0.282 e. The van der Waals surface area contributed by atoms with Gasteiger partial charge in [0.2, 0.25) is 0 Å². The van der Waals surface area contributed by atoms with Gasteiger partial charge in [0.25, 0.3) is 6.43 Å². The second kappa shape index (κ2) is 8.62. The molecule has 0 saturated carbocycles. The molecule has 29 heavy (non-hydrogen) atoms. The van der Waals surface area contributed by atoms with Crippen LogP contribution in [0.5, 0.6) is 0 Å². The maximum absolute atomic E-state index is 13.1. The van der Waals surface area contributed by atoms with Crippen LogP contribution in [0.25, 0.3) is 16.9 Å². The lowest BCUT2D eigenvalue weighted by Crippen LogP contribution is -2.39. The second-order valence-electron chi connectivity index (χ2n) is 7.34. The van der Waals surface area contributed by atoms with Crippen LogP contribution in [0.2, 0.25) is 0 Å². The molecule has 1 saturated heterocycles. The predicted molar refractivity (Wildman–Crippen MR) is 112 cm³/mol. The minimum atomic E-state index is -2.62. The van der Waals surface area contributed by atoms with E-state index in [2.05, 4.69) is 24.7 Å². The normalized spacial score (nSPS) is 17.4. The van der Waals surface area contributed by atoms with Gasteiger partial charge in [0.15, 0.2) is 5.65 Å². The van der Waals surface area contributed by atoms with E-state index < -0.39 is 6.43 Å². The highest BCUT2D eigenvalue weighted by molar-refractivity contribution is 7.96. The van der Waals surface area contributed by atoms with Crippen LogP contribution >= 0.6 is 11.9 Å². The molecule has 3 aromatic heterocycles. The summed E-state index contributed by atoms with van der Waals surface area (Å²) in [6.45, 7) is 4.85. The van der Waals surface area contributed by atoms with Crippen LogP contribution in [0.3, 0.4) is 0 Å². The van der Waals surface area contributed by atoms with Crippen molar-refractivity contribution in [2.45, 2.75) is 26.2 Å². The van der Waals surface area contributed by atoms with Gasteiger partial charge in [-0.1, -0.05) is 11.9 Å². The van der Waals surface area contributed by atoms with E-state index in [0.717, 1.165) is 43.0 Å². The second-order valence-corrected chi connectivity index (χ2v) is 8.03. The molecule has 9 heteroatoms. The van der Waals surface area contributed by atoms with Gasteiger partial charge in [-0.25, -0.2) is 23.3 Å². The number of halogens is 2. The van der Waals surface area contributed by atoms with Crippen LogP contribution in [0.4, 0.5) is 14.6 Å². The van der Waals surface area contributed by atoms with E-state index in [0.29, 0.717) is 17.3 Å². The molecule has 3 aromatic rings. The Morgan fingerprint density at radius 3 is 2.93 bits per heavy atom. The first kappa shape index (κ1) is 20.0. The van der Waals surface area contributed by atoms with E-state index in [1.54, 1.807) is 24.2 Å². The van der Waals surface area contributed by atoms with Crippen molar-refractivity contribution in [1.29, 1.82) is 0 Å². The number of imidazole rings is 1. The summed E-state index contributed by atoms with van der Waals surface area (Å²) in [5.74, 6) is 1.48. The van der Waals surface area contributed by atoms with Crippen LogP contribution in [0, 0.1) is 12.8 Å². The van der Waals surface area contributed by atoms with Crippen LogP contribution in [-0.4, -0.2) is 45.5 Å². The van der Waals surface area contributed by atoms with Crippen LogP contribution in [-0.2, 0) is 0 Å². The third-order valence-corrected chi connectivity index (χ3v) is 5.79. The number of nitrogens with zero attached hydrogens (tertiary/aromatic N) is 5. The monoisotopic (exact) mass is 418 g/mol. The summed E-state index contributed by atoms with van der Waals surface area (Å²) in [6.07, 6.45) is 5.27. The first-order valence-electron chi connectivity index (χ1n) is 9.67. The van der Waals surface area contributed by atoms with Gasteiger partial charge in [-0.05, 0) is 55.7 Å². The number of alkyl halides is 2. The topological polar surface area (TPSA) is 58.3 Å². The summed E-state index contributed by atoms with van der Waals surface area (Å²) >= 11 is 1.64. The van der Waals surface area contributed by atoms with Crippen molar-refractivity contribution in [2.24, 2.45) is 5.92 Å². The highest BCUT2D eigenvalue weighted by Gasteiger charge is 2.22. The Bertz CT molecular complexity index is 992. The molecule has 0 amide bonds. The van der Waals surface area contributed by atoms with Crippen molar-refractivity contribution in [2.75, 3.05) is 30.8 Å². The molecule has 154 valence electrons. The molecular formula is C20H24F2N6S. The summed E-state index contributed by atoms with van der Waals surface area (Å²) in [4.78, 5) is 11.3. The van der Waals surface area contributed by atoms with Crippen molar-refractivity contribution in [1.82, 2.24) is 24.3 Å². The molecule has 1 aliphatic rings. The van der Waals surface area contributed by atoms with Crippen molar-refractivity contribution in [3.05, 3.63) is 41.9 Å². The van der Waals surface area contributed by atoms with Crippen molar-refractivity contribution in [3.8, 4) is 11.3 Å². The molecule has 4 heterocycles. The van der Waals surface area contributed by atoms with Gasteiger partial charge in [-0.2, -0.15) is 5.10 Å². The first-order valence-corrected chi connectivity index (χ1v) is 10.9. The number of aromatic nitrogens is 4. The Hall–Kier alpha value is -2.26. The third kappa shape index (κ3) is 4.20. The lowest BCUT2D eigenvalue weighted by atomic mass is 9.98. The molecule has 0 aliphatic carbocycles. The molecular weight excluding hydrogens is 394 g/mol. The van der Waals surface area contributed by atoms with Gasteiger partial charge >= 0.3 is 0 Å². The largest absolute Gasteiger partial charge is 0.356 e. The summed E-state index contributed by atoms with van der Waals surface area (Å²) in [5.41, 5.74) is 2.84. The highest BCUT2D eigenvalue weighted by atomic mass is 32.2. The summed E-state index contributed by atoms with van der Waals surface area (Å²) in [6, 6.07) is 4.92. The number of nitrogens with one attached hydrogen (secondary N) is 1. The molecule has 6 nitrogen and oxygen atoms in total. The van der Waals surface area contributed by atoms with E-state index in [9.17, 15) is 8.78 Å². The SMILES string of the molecule is CSNCC1CCCN(c2cc(-c3cnc4ccc(C(F)F)nn34)c(C)cn2)C1.